The first-order valence-corrected chi connectivity index (χ1v) is 5.06. The van der Waals surface area contributed by atoms with Gasteiger partial charge in [-0.2, -0.15) is 0 Å². The quantitative estimate of drug-likeness (QED) is 0.740. The number of carboxylic acids is 1. The summed E-state index contributed by atoms with van der Waals surface area (Å²) in [6.07, 6.45) is -0.764. The van der Waals surface area contributed by atoms with Gasteiger partial charge in [0, 0.05) is 6.61 Å². The Morgan fingerprint density at radius 2 is 1.94 bits per heavy atom. The first kappa shape index (κ1) is 14.7. The number of hydrogen-bond acceptors (Lipinski definition) is 4. The number of alkyl carbamates (subject to hydrolysis) is 1. The van der Waals surface area contributed by atoms with Crippen LogP contribution in [0.2, 0.25) is 0 Å². The zero-order chi connectivity index (χ0) is 12.8. The molecule has 0 heterocycles. The molecular formula is C10H19NO5. The van der Waals surface area contributed by atoms with Crippen molar-refractivity contribution in [2.75, 3.05) is 13.2 Å². The maximum Gasteiger partial charge on any atom is 0.408 e. The lowest BCUT2D eigenvalue weighted by atomic mass is 10.2. The van der Waals surface area contributed by atoms with Crippen LogP contribution in [0.3, 0.4) is 0 Å². The summed E-state index contributed by atoms with van der Waals surface area (Å²) in [5.41, 5.74) is -0.654. The van der Waals surface area contributed by atoms with Crippen molar-refractivity contribution in [1.29, 1.82) is 0 Å². The van der Waals surface area contributed by atoms with Gasteiger partial charge >= 0.3 is 12.1 Å². The molecule has 1 atom stereocenters. The van der Waals surface area contributed by atoms with E-state index in [1.54, 1.807) is 27.7 Å². The Balaban J connectivity index is 4.19. The van der Waals surface area contributed by atoms with Crippen LogP contribution in [0.4, 0.5) is 4.79 Å². The summed E-state index contributed by atoms with van der Waals surface area (Å²) in [6.45, 7) is 7.15. The summed E-state index contributed by atoms with van der Waals surface area (Å²) in [7, 11) is 0. The Labute approximate surface area is 94.9 Å². The molecule has 94 valence electrons. The summed E-state index contributed by atoms with van der Waals surface area (Å²) >= 11 is 0. The SMILES string of the molecule is CCOC[C@H](NC(=O)OC(C)(C)C)C(=O)O. The van der Waals surface area contributed by atoms with Crippen LogP contribution in [0.15, 0.2) is 0 Å². The van der Waals surface area contributed by atoms with Crippen LogP contribution >= 0.6 is 0 Å². The number of aliphatic carboxylic acids is 1. The van der Waals surface area contributed by atoms with Gasteiger partial charge in [0.25, 0.3) is 0 Å². The van der Waals surface area contributed by atoms with Crippen LogP contribution in [0, 0.1) is 0 Å². The predicted octanol–water partition coefficient (Wildman–Crippen LogP) is 1.00. The minimum Gasteiger partial charge on any atom is -0.480 e. The van der Waals surface area contributed by atoms with Gasteiger partial charge in [0.05, 0.1) is 6.61 Å². The molecule has 0 unspecified atom stereocenters. The van der Waals surface area contributed by atoms with Crippen LogP contribution < -0.4 is 5.32 Å². The third-order valence-corrected chi connectivity index (χ3v) is 1.48. The largest absolute Gasteiger partial charge is 0.480 e. The number of carboxylic acid groups (broad SMARTS) is 1. The first-order valence-electron chi connectivity index (χ1n) is 5.06. The molecule has 6 heteroatoms. The first-order chi connectivity index (χ1) is 7.26. The van der Waals surface area contributed by atoms with Crippen LogP contribution in [0.1, 0.15) is 27.7 Å². The number of hydrogen-bond donors (Lipinski definition) is 2. The molecule has 0 fully saturated rings. The topological polar surface area (TPSA) is 84.9 Å². The molecule has 0 aliphatic rings. The Morgan fingerprint density at radius 1 is 1.38 bits per heavy atom. The van der Waals surface area contributed by atoms with Crippen molar-refractivity contribution >= 4 is 12.1 Å². The fourth-order valence-electron chi connectivity index (χ4n) is 0.860. The molecular weight excluding hydrogens is 214 g/mol. The number of rotatable bonds is 5. The molecule has 0 radical (unpaired) electrons. The molecule has 0 aliphatic carbocycles. The predicted molar refractivity (Wildman–Crippen MR) is 57.3 cm³/mol. The van der Waals surface area contributed by atoms with Crippen molar-refractivity contribution < 1.29 is 24.2 Å². The fourth-order valence-corrected chi connectivity index (χ4v) is 0.860. The number of nitrogens with one attached hydrogen (secondary N) is 1. The van der Waals surface area contributed by atoms with E-state index in [0.717, 1.165) is 0 Å². The zero-order valence-corrected chi connectivity index (χ0v) is 10.1. The van der Waals surface area contributed by atoms with Crippen molar-refractivity contribution in [3.63, 3.8) is 0 Å². The van der Waals surface area contributed by atoms with E-state index < -0.39 is 23.7 Å². The summed E-state index contributed by atoms with van der Waals surface area (Å²) in [4.78, 5) is 22.0. The lowest BCUT2D eigenvalue weighted by molar-refractivity contribution is -0.141. The molecule has 0 saturated carbocycles. The van der Waals surface area contributed by atoms with Gasteiger partial charge in [-0.15, -0.1) is 0 Å². The molecule has 0 aromatic carbocycles. The Bertz CT molecular complexity index is 246. The second-order valence-electron chi connectivity index (χ2n) is 4.20. The van der Waals surface area contributed by atoms with Crippen LogP contribution in [-0.2, 0) is 14.3 Å². The normalized spacial score (nSPS) is 13.0. The number of ether oxygens (including phenoxy) is 2. The van der Waals surface area contributed by atoms with Gasteiger partial charge in [0.1, 0.15) is 5.60 Å². The van der Waals surface area contributed by atoms with Gasteiger partial charge in [-0.1, -0.05) is 0 Å². The van der Waals surface area contributed by atoms with Crippen molar-refractivity contribution in [2.45, 2.75) is 39.3 Å². The smallest absolute Gasteiger partial charge is 0.408 e. The van der Waals surface area contributed by atoms with Gasteiger partial charge in [-0.3, -0.25) is 0 Å². The molecule has 0 saturated heterocycles. The summed E-state index contributed by atoms with van der Waals surface area (Å²) in [5, 5.41) is 11.0. The molecule has 16 heavy (non-hydrogen) atoms. The maximum atomic E-state index is 11.3. The van der Waals surface area contributed by atoms with Crippen LogP contribution in [0.5, 0.6) is 0 Å². The second kappa shape index (κ2) is 6.32. The van der Waals surface area contributed by atoms with E-state index in [-0.39, 0.29) is 6.61 Å². The molecule has 0 bridgehead atoms. The third kappa shape index (κ3) is 7.05. The summed E-state index contributed by atoms with van der Waals surface area (Å²) in [6, 6.07) is -1.09. The lowest BCUT2D eigenvalue weighted by Crippen LogP contribution is -2.46. The molecule has 6 nitrogen and oxygen atoms in total. The van der Waals surface area contributed by atoms with E-state index >= 15 is 0 Å². The van der Waals surface area contributed by atoms with E-state index in [4.69, 9.17) is 14.6 Å². The van der Waals surface area contributed by atoms with Gasteiger partial charge in [-0.05, 0) is 27.7 Å². The highest BCUT2D eigenvalue weighted by atomic mass is 16.6. The number of carbonyl (C=O) groups excluding carboxylic acids is 1. The van der Waals surface area contributed by atoms with Crippen molar-refractivity contribution in [3.05, 3.63) is 0 Å². The van der Waals surface area contributed by atoms with Crippen molar-refractivity contribution in [1.82, 2.24) is 5.32 Å². The summed E-state index contributed by atoms with van der Waals surface area (Å²) < 4.78 is 9.87. The lowest BCUT2D eigenvalue weighted by Gasteiger charge is -2.21. The molecule has 0 aliphatic heterocycles. The fraction of sp³-hybridized carbons (Fsp3) is 0.800. The third-order valence-electron chi connectivity index (χ3n) is 1.48. The maximum absolute atomic E-state index is 11.3. The van der Waals surface area contributed by atoms with Gasteiger partial charge in [0.2, 0.25) is 0 Å². The summed E-state index contributed by atoms with van der Waals surface area (Å²) in [5.74, 6) is -1.15. The molecule has 0 aromatic heterocycles. The molecule has 0 rings (SSSR count). The van der Waals surface area contributed by atoms with Crippen LogP contribution in [-0.4, -0.2) is 42.0 Å². The monoisotopic (exact) mass is 233 g/mol. The minimum absolute atomic E-state index is 0.0783. The van der Waals surface area contributed by atoms with Crippen molar-refractivity contribution in [3.8, 4) is 0 Å². The van der Waals surface area contributed by atoms with E-state index in [0.29, 0.717) is 6.61 Å². The standard InChI is InChI=1S/C10H19NO5/c1-5-15-6-7(8(12)13)11-9(14)16-10(2,3)4/h7H,5-6H2,1-4H3,(H,11,14)(H,12,13)/t7-/m0/s1. The molecule has 1 amide bonds. The van der Waals surface area contributed by atoms with Gasteiger partial charge in [0.15, 0.2) is 6.04 Å². The zero-order valence-electron chi connectivity index (χ0n) is 10.1. The highest BCUT2D eigenvalue weighted by Gasteiger charge is 2.23. The number of amides is 1. The van der Waals surface area contributed by atoms with Crippen molar-refractivity contribution in [2.24, 2.45) is 0 Å². The van der Waals surface area contributed by atoms with Crippen LogP contribution in [0.25, 0.3) is 0 Å². The van der Waals surface area contributed by atoms with Gasteiger partial charge < -0.3 is 19.9 Å². The van der Waals surface area contributed by atoms with E-state index in [2.05, 4.69) is 5.32 Å². The van der Waals surface area contributed by atoms with E-state index in [1.807, 2.05) is 0 Å². The second-order valence-corrected chi connectivity index (χ2v) is 4.20. The highest BCUT2D eigenvalue weighted by Crippen LogP contribution is 2.06. The number of carbonyl (C=O) groups is 2. The minimum atomic E-state index is -1.15. The van der Waals surface area contributed by atoms with Gasteiger partial charge in [-0.25, -0.2) is 9.59 Å². The Hall–Kier alpha value is -1.30. The Kier molecular flexibility index (Phi) is 5.81. The highest BCUT2D eigenvalue weighted by molar-refractivity contribution is 5.80. The Morgan fingerprint density at radius 3 is 2.31 bits per heavy atom. The van der Waals surface area contributed by atoms with E-state index in [9.17, 15) is 9.59 Å². The molecule has 2 N–H and O–H groups in total. The molecule has 0 spiro atoms. The van der Waals surface area contributed by atoms with E-state index in [1.165, 1.54) is 0 Å². The molecule has 0 aromatic rings. The average Bonchev–Trinajstić information content (AvgIpc) is 2.08. The average molecular weight is 233 g/mol.